The lowest BCUT2D eigenvalue weighted by atomic mass is 9.88. The molecule has 1 aliphatic rings. The number of hydrogen-bond acceptors (Lipinski definition) is 1. The summed E-state index contributed by atoms with van der Waals surface area (Å²) in [4.78, 5) is 0. The quantitative estimate of drug-likeness (QED) is 0.679. The zero-order valence-corrected chi connectivity index (χ0v) is 9.83. The predicted octanol–water partition coefficient (Wildman–Crippen LogP) is 3.51. The van der Waals surface area contributed by atoms with Crippen LogP contribution in [0.25, 0.3) is 0 Å². The number of nitriles is 1. The molecule has 78 valence electrons. The maximum atomic E-state index is 9.53. The van der Waals surface area contributed by atoms with E-state index in [9.17, 15) is 5.26 Å². The van der Waals surface area contributed by atoms with Crippen LogP contribution in [0.5, 0.6) is 0 Å². The van der Waals surface area contributed by atoms with Gasteiger partial charge in [-0.3, -0.25) is 0 Å². The Morgan fingerprint density at radius 3 is 1.73 bits per heavy atom. The van der Waals surface area contributed by atoms with Crippen molar-refractivity contribution in [3.05, 3.63) is 35.9 Å². The molecule has 0 aliphatic heterocycles. The van der Waals surface area contributed by atoms with Gasteiger partial charge in [-0.1, -0.05) is 58.0 Å². The molecule has 0 unspecified atom stereocenters. The van der Waals surface area contributed by atoms with E-state index in [0.29, 0.717) is 0 Å². The Morgan fingerprint density at radius 2 is 1.40 bits per heavy atom. The smallest absolute Gasteiger partial charge is 0.0935 e. The molecule has 0 bridgehead atoms. The number of nitrogens with zero attached hydrogens (tertiary/aromatic N) is 1. The zero-order chi connectivity index (χ0) is 11.3. The fourth-order valence-electron chi connectivity index (χ4n) is 3.07. The Morgan fingerprint density at radius 1 is 0.933 bits per heavy atom. The summed E-state index contributed by atoms with van der Waals surface area (Å²) in [5.74, 6) is 0. The summed E-state index contributed by atoms with van der Waals surface area (Å²) in [6.45, 7) is 8.74. The molecule has 1 fully saturated rings. The van der Waals surface area contributed by atoms with Crippen LogP contribution in [-0.4, -0.2) is 0 Å². The Kier molecular flexibility index (Phi) is 1.80. The first-order chi connectivity index (χ1) is 6.92. The Labute approximate surface area is 91.7 Å². The monoisotopic (exact) mass is 199 g/mol. The van der Waals surface area contributed by atoms with E-state index in [1.165, 1.54) is 0 Å². The first-order valence-electron chi connectivity index (χ1n) is 5.38. The average molecular weight is 199 g/mol. The van der Waals surface area contributed by atoms with Crippen LogP contribution in [0.3, 0.4) is 0 Å². The SMILES string of the molecule is CC1(C)C(C)(C)C1(C#N)c1ccccc1. The average Bonchev–Trinajstić information content (AvgIpc) is 2.55. The van der Waals surface area contributed by atoms with Gasteiger partial charge in [-0.05, 0) is 16.4 Å². The molecule has 2 rings (SSSR count). The Balaban J connectivity index is 2.59. The molecule has 1 nitrogen and oxygen atoms in total. The second-order valence-electron chi connectivity index (χ2n) is 5.48. The van der Waals surface area contributed by atoms with E-state index in [1.807, 2.05) is 18.2 Å². The minimum absolute atomic E-state index is 0.0517. The molecule has 1 aromatic carbocycles. The highest BCUT2D eigenvalue weighted by molar-refractivity contribution is 5.50. The lowest BCUT2D eigenvalue weighted by molar-refractivity contribution is 0.457. The summed E-state index contributed by atoms with van der Waals surface area (Å²) in [7, 11) is 0. The molecule has 15 heavy (non-hydrogen) atoms. The largest absolute Gasteiger partial charge is 0.197 e. The molecule has 1 heteroatoms. The van der Waals surface area contributed by atoms with Gasteiger partial charge in [0.05, 0.1) is 11.5 Å². The van der Waals surface area contributed by atoms with Crippen LogP contribution >= 0.6 is 0 Å². The first kappa shape index (κ1) is 10.2. The third-order valence-electron chi connectivity index (χ3n) is 4.75. The summed E-state index contributed by atoms with van der Waals surface area (Å²) >= 11 is 0. The molecule has 0 saturated heterocycles. The van der Waals surface area contributed by atoms with E-state index in [1.54, 1.807) is 0 Å². The molecular formula is C14H17N. The summed E-state index contributed by atoms with van der Waals surface area (Å²) in [5.41, 5.74) is 0.940. The minimum Gasteiger partial charge on any atom is -0.197 e. The topological polar surface area (TPSA) is 23.8 Å². The van der Waals surface area contributed by atoms with Crippen molar-refractivity contribution in [3.63, 3.8) is 0 Å². The van der Waals surface area contributed by atoms with Crippen molar-refractivity contribution in [2.75, 3.05) is 0 Å². The van der Waals surface area contributed by atoms with Gasteiger partial charge in [0.15, 0.2) is 0 Å². The summed E-state index contributed by atoms with van der Waals surface area (Å²) in [6, 6.07) is 12.7. The van der Waals surface area contributed by atoms with Gasteiger partial charge < -0.3 is 0 Å². The van der Waals surface area contributed by atoms with Gasteiger partial charge in [-0.15, -0.1) is 0 Å². The van der Waals surface area contributed by atoms with Crippen LogP contribution in [-0.2, 0) is 5.41 Å². The molecule has 0 aromatic heterocycles. The molecular weight excluding hydrogens is 182 g/mol. The van der Waals surface area contributed by atoms with Crippen LogP contribution in [0.2, 0.25) is 0 Å². The number of rotatable bonds is 1. The van der Waals surface area contributed by atoms with E-state index in [0.717, 1.165) is 5.56 Å². The summed E-state index contributed by atoms with van der Waals surface area (Å²) in [5, 5.41) is 9.53. The van der Waals surface area contributed by atoms with Gasteiger partial charge in [-0.25, -0.2) is 0 Å². The molecule has 0 N–H and O–H groups in total. The minimum atomic E-state index is -0.318. The van der Waals surface area contributed by atoms with Crippen molar-refractivity contribution < 1.29 is 0 Å². The number of benzene rings is 1. The second kappa shape index (κ2) is 2.64. The lowest BCUT2D eigenvalue weighted by Gasteiger charge is -2.12. The second-order valence-corrected chi connectivity index (χ2v) is 5.48. The molecule has 1 aliphatic carbocycles. The maximum absolute atomic E-state index is 9.53. The van der Waals surface area contributed by atoms with Gasteiger partial charge in [0.2, 0.25) is 0 Å². The highest BCUT2D eigenvalue weighted by Crippen LogP contribution is 2.77. The van der Waals surface area contributed by atoms with Crippen LogP contribution in [0.15, 0.2) is 30.3 Å². The molecule has 1 aromatic rings. The highest BCUT2D eigenvalue weighted by Gasteiger charge is 2.78. The Hall–Kier alpha value is -1.29. The zero-order valence-electron chi connectivity index (χ0n) is 9.83. The van der Waals surface area contributed by atoms with Crippen molar-refractivity contribution in [3.8, 4) is 6.07 Å². The van der Waals surface area contributed by atoms with Gasteiger partial charge in [0, 0.05) is 0 Å². The Bertz CT molecular complexity index is 406. The molecule has 0 amide bonds. The van der Waals surface area contributed by atoms with Crippen LogP contribution in [0.4, 0.5) is 0 Å². The van der Waals surface area contributed by atoms with Crippen molar-refractivity contribution in [1.82, 2.24) is 0 Å². The van der Waals surface area contributed by atoms with E-state index in [2.05, 4.69) is 45.9 Å². The first-order valence-corrected chi connectivity index (χ1v) is 5.38. The van der Waals surface area contributed by atoms with E-state index < -0.39 is 0 Å². The van der Waals surface area contributed by atoms with Gasteiger partial charge in [0.25, 0.3) is 0 Å². The van der Waals surface area contributed by atoms with Crippen molar-refractivity contribution in [2.24, 2.45) is 10.8 Å². The van der Waals surface area contributed by atoms with Gasteiger partial charge in [0.1, 0.15) is 0 Å². The molecule has 0 heterocycles. The summed E-state index contributed by atoms with van der Waals surface area (Å²) in [6.07, 6.45) is 0. The lowest BCUT2D eigenvalue weighted by Crippen LogP contribution is -2.13. The van der Waals surface area contributed by atoms with Gasteiger partial charge in [-0.2, -0.15) is 5.26 Å². The van der Waals surface area contributed by atoms with Crippen molar-refractivity contribution in [1.29, 1.82) is 5.26 Å². The van der Waals surface area contributed by atoms with E-state index >= 15 is 0 Å². The summed E-state index contributed by atoms with van der Waals surface area (Å²) < 4.78 is 0. The van der Waals surface area contributed by atoms with E-state index in [4.69, 9.17) is 0 Å². The fraction of sp³-hybridized carbons (Fsp3) is 0.500. The van der Waals surface area contributed by atoms with Gasteiger partial charge >= 0.3 is 0 Å². The number of hydrogen-bond donors (Lipinski definition) is 0. The molecule has 0 spiro atoms. The maximum Gasteiger partial charge on any atom is 0.0935 e. The third-order valence-corrected chi connectivity index (χ3v) is 4.75. The van der Waals surface area contributed by atoms with E-state index in [-0.39, 0.29) is 16.2 Å². The van der Waals surface area contributed by atoms with Crippen LogP contribution in [0, 0.1) is 22.2 Å². The molecule has 1 saturated carbocycles. The third kappa shape index (κ3) is 0.880. The predicted molar refractivity (Wildman–Crippen MR) is 61.3 cm³/mol. The van der Waals surface area contributed by atoms with Crippen molar-refractivity contribution >= 4 is 0 Å². The molecule has 0 radical (unpaired) electrons. The fourth-order valence-corrected chi connectivity index (χ4v) is 3.07. The standard InChI is InChI=1S/C14H17N/c1-12(2)13(3,4)14(12,10-15)11-8-6-5-7-9-11/h5-9H,1-4H3. The van der Waals surface area contributed by atoms with Crippen molar-refractivity contribution in [2.45, 2.75) is 33.1 Å². The highest BCUT2D eigenvalue weighted by atomic mass is 14.8. The van der Waals surface area contributed by atoms with Crippen LogP contribution < -0.4 is 0 Å². The molecule has 0 atom stereocenters. The van der Waals surface area contributed by atoms with Crippen LogP contribution in [0.1, 0.15) is 33.3 Å². The normalized spacial score (nSPS) is 24.2.